The second-order valence-electron chi connectivity index (χ2n) is 14.8. The lowest BCUT2D eigenvalue weighted by Crippen LogP contribution is -2.30. The number of ether oxygens (including phenoxy) is 3. The third kappa shape index (κ3) is 46.2. The summed E-state index contributed by atoms with van der Waals surface area (Å²) in [5, 5.41) is 0. The Kier molecular flexibility index (Phi) is 44.3. The molecule has 61 heavy (non-hydrogen) atoms. The fraction of sp³-hybridized carbons (Fsp3) is 0.509. The number of unbranched alkanes of at least 4 members (excludes halogenated alkanes) is 13. The van der Waals surface area contributed by atoms with Crippen LogP contribution in [-0.2, 0) is 28.6 Å². The van der Waals surface area contributed by atoms with E-state index in [0.29, 0.717) is 12.8 Å². The highest BCUT2D eigenvalue weighted by atomic mass is 16.6. The van der Waals surface area contributed by atoms with Crippen LogP contribution in [-0.4, -0.2) is 37.2 Å². The van der Waals surface area contributed by atoms with Crippen LogP contribution in [0, 0.1) is 0 Å². The molecule has 0 aromatic carbocycles. The molecule has 1 unspecified atom stereocenters. The Balaban J connectivity index is 4.59. The van der Waals surface area contributed by atoms with E-state index in [0.717, 1.165) is 96.3 Å². The maximum atomic E-state index is 12.8. The maximum absolute atomic E-state index is 12.8. The topological polar surface area (TPSA) is 78.9 Å². The van der Waals surface area contributed by atoms with Crippen LogP contribution >= 0.6 is 0 Å². The SMILES string of the molecule is CC/C=C/C=C/C=C/C=C/C=C/CCCC(=O)OCC(COC(=O)CCCCCCC/C=C/C=C/C=C/C=C/CC)OC(=O)CCCCCCCCC/C=C/C=C/C=C/CC. The molecule has 0 fully saturated rings. The van der Waals surface area contributed by atoms with E-state index in [2.05, 4.69) is 87.6 Å². The lowest BCUT2D eigenvalue weighted by atomic mass is 10.1. The first-order chi connectivity index (χ1) is 30.0. The van der Waals surface area contributed by atoms with Gasteiger partial charge in [0, 0.05) is 19.3 Å². The van der Waals surface area contributed by atoms with Crippen molar-refractivity contribution in [3.8, 4) is 0 Å². The molecule has 0 aliphatic carbocycles. The predicted molar refractivity (Wildman–Crippen MR) is 260 cm³/mol. The molecule has 0 bridgehead atoms. The minimum absolute atomic E-state index is 0.125. The molecule has 0 saturated heterocycles. The first-order valence-corrected chi connectivity index (χ1v) is 23.5. The second kappa shape index (κ2) is 48.0. The van der Waals surface area contributed by atoms with Crippen molar-refractivity contribution in [3.05, 3.63) is 146 Å². The van der Waals surface area contributed by atoms with Gasteiger partial charge in [-0.25, -0.2) is 0 Å². The van der Waals surface area contributed by atoms with Gasteiger partial charge >= 0.3 is 17.9 Å². The Labute approximate surface area is 372 Å². The van der Waals surface area contributed by atoms with Crippen LogP contribution in [0.4, 0.5) is 0 Å². The third-order valence-electron chi connectivity index (χ3n) is 9.10. The lowest BCUT2D eigenvalue weighted by molar-refractivity contribution is -0.167. The summed E-state index contributed by atoms with van der Waals surface area (Å²) in [4.78, 5) is 37.8. The summed E-state index contributed by atoms with van der Waals surface area (Å²) in [6.07, 6.45) is 68.3. The van der Waals surface area contributed by atoms with Gasteiger partial charge in [0.1, 0.15) is 13.2 Å². The number of hydrogen-bond acceptors (Lipinski definition) is 6. The standard InChI is InChI=1S/C55H82O6/c1-4-7-10-13-16-19-22-25-27-30-33-36-39-42-45-48-54(57)60-51-52(50-59-53(56)47-44-41-38-35-32-29-24-21-18-15-12-9-6-3)61-55(58)49-46-43-40-37-34-31-28-26-23-20-17-14-11-8-5-2/h7-25,27,29,32,35,38,52H,4-6,26,28,30-31,33-34,36-37,39-51H2,1-3H3/b10-7+,11-8+,12-9+,16-13+,17-14+,18-15+,22-19+,23-20+,24-21+,27-25+,32-29+,38-35+. The second-order valence-corrected chi connectivity index (χ2v) is 14.8. The molecule has 0 amide bonds. The fourth-order valence-electron chi connectivity index (χ4n) is 5.66. The number of carbonyl (C=O) groups is 3. The van der Waals surface area contributed by atoms with Crippen molar-refractivity contribution in [1.82, 2.24) is 0 Å². The van der Waals surface area contributed by atoms with Gasteiger partial charge in [0.25, 0.3) is 0 Å². The van der Waals surface area contributed by atoms with Crippen LogP contribution in [0.2, 0.25) is 0 Å². The van der Waals surface area contributed by atoms with Gasteiger partial charge in [-0.05, 0) is 70.6 Å². The van der Waals surface area contributed by atoms with E-state index in [9.17, 15) is 14.4 Å². The van der Waals surface area contributed by atoms with Gasteiger partial charge in [0.2, 0.25) is 0 Å². The first-order valence-electron chi connectivity index (χ1n) is 23.5. The molecule has 0 aliphatic rings. The monoisotopic (exact) mass is 839 g/mol. The van der Waals surface area contributed by atoms with Crippen molar-refractivity contribution in [3.63, 3.8) is 0 Å². The molecule has 6 nitrogen and oxygen atoms in total. The molecule has 0 aromatic rings. The van der Waals surface area contributed by atoms with E-state index in [4.69, 9.17) is 14.2 Å². The molecule has 1 atom stereocenters. The zero-order valence-corrected chi connectivity index (χ0v) is 38.4. The Bertz CT molecular complexity index is 1430. The van der Waals surface area contributed by atoms with Crippen LogP contribution in [0.25, 0.3) is 0 Å². The van der Waals surface area contributed by atoms with Gasteiger partial charge in [-0.3, -0.25) is 14.4 Å². The molecule has 0 rings (SSSR count). The summed E-state index contributed by atoms with van der Waals surface area (Å²) in [6.45, 7) is 6.09. The van der Waals surface area contributed by atoms with Gasteiger partial charge in [-0.1, -0.05) is 218 Å². The van der Waals surface area contributed by atoms with Crippen LogP contribution < -0.4 is 0 Å². The largest absolute Gasteiger partial charge is 0.462 e. The van der Waals surface area contributed by atoms with Crippen molar-refractivity contribution in [2.24, 2.45) is 0 Å². The van der Waals surface area contributed by atoms with Crippen molar-refractivity contribution in [2.45, 2.75) is 168 Å². The Hall–Kier alpha value is -4.71. The Morgan fingerprint density at radius 3 is 0.984 bits per heavy atom. The van der Waals surface area contributed by atoms with Crippen LogP contribution in [0.3, 0.4) is 0 Å². The van der Waals surface area contributed by atoms with Gasteiger partial charge < -0.3 is 14.2 Å². The molecular weight excluding hydrogens is 757 g/mol. The number of rotatable bonds is 39. The molecule has 0 aliphatic heterocycles. The number of allylic oxidation sites excluding steroid dienone is 24. The van der Waals surface area contributed by atoms with E-state index in [1.807, 2.05) is 79.0 Å². The summed E-state index contributed by atoms with van der Waals surface area (Å²) in [7, 11) is 0. The minimum Gasteiger partial charge on any atom is -0.462 e. The van der Waals surface area contributed by atoms with E-state index < -0.39 is 6.10 Å². The Morgan fingerprint density at radius 1 is 0.328 bits per heavy atom. The molecule has 338 valence electrons. The molecule has 0 heterocycles. The van der Waals surface area contributed by atoms with E-state index in [-0.39, 0.29) is 44.0 Å². The molecule has 0 N–H and O–H groups in total. The summed E-state index contributed by atoms with van der Waals surface area (Å²) in [6, 6.07) is 0. The lowest BCUT2D eigenvalue weighted by Gasteiger charge is -2.18. The summed E-state index contributed by atoms with van der Waals surface area (Å²) in [5.74, 6) is -1.05. The molecule has 0 radical (unpaired) electrons. The number of carbonyl (C=O) groups excluding carboxylic acids is 3. The molecule has 0 spiro atoms. The minimum atomic E-state index is -0.829. The van der Waals surface area contributed by atoms with Gasteiger partial charge in [-0.15, -0.1) is 0 Å². The van der Waals surface area contributed by atoms with E-state index in [1.165, 1.54) is 19.3 Å². The normalized spacial score (nSPS) is 13.4. The van der Waals surface area contributed by atoms with E-state index >= 15 is 0 Å². The Morgan fingerprint density at radius 2 is 0.607 bits per heavy atom. The highest BCUT2D eigenvalue weighted by Crippen LogP contribution is 2.13. The van der Waals surface area contributed by atoms with Gasteiger partial charge in [0.15, 0.2) is 6.10 Å². The summed E-state index contributed by atoms with van der Waals surface area (Å²) >= 11 is 0. The molecule has 0 saturated carbocycles. The van der Waals surface area contributed by atoms with Crippen molar-refractivity contribution in [1.29, 1.82) is 0 Å². The fourth-order valence-corrected chi connectivity index (χ4v) is 5.66. The van der Waals surface area contributed by atoms with Crippen LogP contribution in [0.15, 0.2) is 146 Å². The molecular formula is C55H82O6. The van der Waals surface area contributed by atoms with Crippen molar-refractivity contribution in [2.75, 3.05) is 13.2 Å². The average Bonchev–Trinajstić information content (AvgIpc) is 3.26. The first kappa shape index (κ1) is 56.3. The summed E-state index contributed by atoms with van der Waals surface area (Å²) < 4.78 is 16.6. The maximum Gasteiger partial charge on any atom is 0.306 e. The summed E-state index contributed by atoms with van der Waals surface area (Å²) in [5.41, 5.74) is 0. The number of hydrogen-bond donors (Lipinski definition) is 0. The van der Waals surface area contributed by atoms with Gasteiger partial charge in [0.05, 0.1) is 0 Å². The third-order valence-corrected chi connectivity index (χ3v) is 9.10. The van der Waals surface area contributed by atoms with Gasteiger partial charge in [-0.2, -0.15) is 0 Å². The van der Waals surface area contributed by atoms with Crippen LogP contribution in [0.5, 0.6) is 0 Å². The van der Waals surface area contributed by atoms with Crippen molar-refractivity contribution < 1.29 is 28.6 Å². The average molecular weight is 839 g/mol. The zero-order chi connectivity index (χ0) is 44.4. The smallest absolute Gasteiger partial charge is 0.306 e. The quantitative estimate of drug-likeness (QED) is 0.0265. The number of esters is 3. The van der Waals surface area contributed by atoms with Crippen molar-refractivity contribution >= 4 is 17.9 Å². The highest BCUT2D eigenvalue weighted by molar-refractivity contribution is 5.71. The zero-order valence-electron chi connectivity index (χ0n) is 38.4. The van der Waals surface area contributed by atoms with Crippen LogP contribution in [0.1, 0.15) is 162 Å². The van der Waals surface area contributed by atoms with E-state index in [1.54, 1.807) is 0 Å². The predicted octanol–water partition coefficient (Wildman–Crippen LogP) is 15.3. The molecule has 0 aromatic heterocycles. The molecule has 6 heteroatoms. The highest BCUT2D eigenvalue weighted by Gasteiger charge is 2.19.